The molecule has 6 nitrogen and oxygen atoms in total. The van der Waals surface area contributed by atoms with E-state index in [-0.39, 0.29) is 5.91 Å². The lowest BCUT2D eigenvalue weighted by molar-refractivity contribution is 0.102. The Morgan fingerprint density at radius 2 is 1.62 bits per heavy atom. The number of carbonyl (C=O) groups excluding carboxylic acids is 1. The fourth-order valence-corrected chi connectivity index (χ4v) is 2.14. The zero-order valence-electron chi connectivity index (χ0n) is 14.2. The van der Waals surface area contributed by atoms with Crippen LogP contribution in [0.2, 0.25) is 0 Å². The van der Waals surface area contributed by atoms with Crippen LogP contribution in [0.25, 0.3) is 0 Å². The fraction of sp³-hybridized carbons (Fsp3) is 0.333. The van der Waals surface area contributed by atoms with Crippen molar-refractivity contribution in [3.05, 3.63) is 42.1 Å². The van der Waals surface area contributed by atoms with E-state index in [2.05, 4.69) is 10.3 Å². The number of benzene rings is 1. The lowest BCUT2D eigenvalue weighted by Crippen LogP contribution is -2.14. The van der Waals surface area contributed by atoms with Crippen molar-refractivity contribution < 1.29 is 19.0 Å². The summed E-state index contributed by atoms with van der Waals surface area (Å²) in [6, 6.07) is 8.61. The average Bonchev–Trinajstić information content (AvgIpc) is 2.57. The molecule has 1 aromatic heterocycles. The number of nitrogens with one attached hydrogen (secondary N) is 1. The molecule has 128 valence electrons. The third kappa shape index (κ3) is 4.62. The van der Waals surface area contributed by atoms with Crippen molar-refractivity contribution in [3.8, 4) is 17.2 Å². The zero-order chi connectivity index (χ0) is 17.4. The van der Waals surface area contributed by atoms with Crippen LogP contribution in [-0.2, 0) is 0 Å². The highest BCUT2D eigenvalue weighted by atomic mass is 16.5. The third-order valence-electron chi connectivity index (χ3n) is 3.07. The van der Waals surface area contributed by atoms with Crippen LogP contribution in [0.3, 0.4) is 0 Å². The highest BCUT2D eigenvalue weighted by Crippen LogP contribution is 2.25. The van der Waals surface area contributed by atoms with Gasteiger partial charge in [0, 0.05) is 17.8 Å². The summed E-state index contributed by atoms with van der Waals surface area (Å²) in [5.74, 6) is 1.76. The third-order valence-corrected chi connectivity index (χ3v) is 3.07. The number of pyridine rings is 1. The Morgan fingerprint density at radius 1 is 1.00 bits per heavy atom. The molecule has 0 spiro atoms. The SMILES string of the molecule is CCOc1cc(OCC)cc(C(=O)Nc2ncccc2OCC)c1. The maximum absolute atomic E-state index is 12.6. The molecule has 6 heteroatoms. The molecule has 1 amide bonds. The van der Waals surface area contributed by atoms with Gasteiger partial charge in [0.25, 0.3) is 5.91 Å². The number of aromatic nitrogens is 1. The minimum atomic E-state index is -0.308. The molecular formula is C18H22N2O4. The van der Waals surface area contributed by atoms with Crippen LogP contribution in [0.4, 0.5) is 5.82 Å². The fourth-order valence-electron chi connectivity index (χ4n) is 2.14. The van der Waals surface area contributed by atoms with Crippen LogP contribution in [0.1, 0.15) is 31.1 Å². The summed E-state index contributed by atoms with van der Waals surface area (Å²) in [5.41, 5.74) is 0.428. The van der Waals surface area contributed by atoms with Crippen LogP contribution < -0.4 is 19.5 Å². The van der Waals surface area contributed by atoms with E-state index in [1.54, 1.807) is 36.5 Å². The van der Waals surface area contributed by atoms with E-state index in [1.165, 1.54) is 0 Å². The average molecular weight is 330 g/mol. The minimum absolute atomic E-state index is 0.308. The second-order valence-electron chi connectivity index (χ2n) is 4.80. The van der Waals surface area contributed by atoms with Crippen LogP contribution in [0.15, 0.2) is 36.5 Å². The summed E-state index contributed by atoms with van der Waals surface area (Å²) in [5, 5.41) is 2.76. The van der Waals surface area contributed by atoms with Crippen molar-refractivity contribution in [1.82, 2.24) is 4.98 Å². The molecule has 24 heavy (non-hydrogen) atoms. The predicted octanol–water partition coefficient (Wildman–Crippen LogP) is 3.53. The molecule has 0 aliphatic heterocycles. The molecule has 0 aliphatic carbocycles. The first kappa shape index (κ1) is 17.6. The van der Waals surface area contributed by atoms with Crippen LogP contribution in [0, 0.1) is 0 Å². The standard InChI is InChI=1S/C18H22N2O4/c1-4-22-14-10-13(11-15(12-14)23-5-2)18(21)20-17-16(24-6-3)8-7-9-19-17/h7-12H,4-6H2,1-3H3,(H,19,20,21). The maximum atomic E-state index is 12.6. The first-order chi connectivity index (χ1) is 11.7. The number of hydrogen-bond donors (Lipinski definition) is 1. The second-order valence-corrected chi connectivity index (χ2v) is 4.80. The van der Waals surface area contributed by atoms with Crippen molar-refractivity contribution in [2.24, 2.45) is 0 Å². The highest BCUT2D eigenvalue weighted by Gasteiger charge is 2.13. The summed E-state index contributed by atoms with van der Waals surface area (Å²) in [7, 11) is 0. The molecule has 0 unspecified atom stereocenters. The van der Waals surface area contributed by atoms with Gasteiger partial charge in [-0.25, -0.2) is 4.98 Å². The van der Waals surface area contributed by atoms with Crippen LogP contribution >= 0.6 is 0 Å². The lowest BCUT2D eigenvalue weighted by Gasteiger charge is -2.12. The molecule has 0 saturated carbocycles. The summed E-state index contributed by atoms with van der Waals surface area (Å²) in [6.45, 7) is 7.14. The Labute approximate surface area is 141 Å². The normalized spacial score (nSPS) is 10.1. The van der Waals surface area contributed by atoms with Gasteiger partial charge < -0.3 is 19.5 Å². The molecule has 2 rings (SSSR count). The number of hydrogen-bond acceptors (Lipinski definition) is 5. The quantitative estimate of drug-likeness (QED) is 0.802. The molecular weight excluding hydrogens is 308 g/mol. The molecule has 0 radical (unpaired) electrons. The Kier molecular flexibility index (Phi) is 6.42. The van der Waals surface area contributed by atoms with Crippen LogP contribution in [0.5, 0.6) is 17.2 Å². The molecule has 0 saturated heterocycles. The van der Waals surface area contributed by atoms with E-state index in [0.29, 0.717) is 48.5 Å². The maximum Gasteiger partial charge on any atom is 0.257 e. The molecule has 1 aromatic carbocycles. The minimum Gasteiger partial charge on any atom is -0.494 e. The Balaban J connectivity index is 2.25. The van der Waals surface area contributed by atoms with Gasteiger partial charge >= 0.3 is 0 Å². The van der Waals surface area contributed by atoms with E-state index >= 15 is 0 Å². The van der Waals surface area contributed by atoms with Gasteiger partial charge in [-0.1, -0.05) is 0 Å². The van der Waals surface area contributed by atoms with Crippen molar-refractivity contribution in [2.75, 3.05) is 25.1 Å². The van der Waals surface area contributed by atoms with E-state index in [9.17, 15) is 4.79 Å². The van der Waals surface area contributed by atoms with E-state index in [1.807, 2.05) is 20.8 Å². The summed E-state index contributed by atoms with van der Waals surface area (Å²) in [4.78, 5) is 16.7. The van der Waals surface area contributed by atoms with Crippen molar-refractivity contribution in [3.63, 3.8) is 0 Å². The van der Waals surface area contributed by atoms with Gasteiger partial charge in [0.2, 0.25) is 0 Å². The monoisotopic (exact) mass is 330 g/mol. The number of amides is 1. The van der Waals surface area contributed by atoms with Crippen molar-refractivity contribution in [1.29, 1.82) is 0 Å². The first-order valence-corrected chi connectivity index (χ1v) is 7.97. The van der Waals surface area contributed by atoms with Gasteiger partial charge in [-0.05, 0) is 45.0 Å². The van der Waals surface area contributed by atoms with Gasteiger partial charge in [0.15, 0.2) is 11.6 Å². The van der Waals surface area contributed by atoms with E-state index in [4.69, 9.17) is 14.2 Å². The van der Waals surface area contributed by atoms with Gasteiger partial charge in [-0.3, -0.25) is 4.79 Å². The number of anilines is 1. The van der Waals surface area contributed by atoms with Crippen molar-refractivity contribution in [2.45, 2.75) is 20.8 Å². The molecule has 0 aliphatic rings. The summed E-state index contributed by atoms with van der Waals surface area (Å²) >= 11 is 0. The molecule has 0 fully saturated rings. The Morgan fingerprint density at radius 3 is 2.21 bits per heavy atom. The number of ether oxygens (including phenoxy) is 3. The smallest absolute Gasteiger partial charge is 0.257 e. The van der Waals surface area contributed by atoms with Gasteiger partial charge in [-0.2, -0.15) is 0 Å². The number of nitrogens with zero attached hydrogens (tertiary/aromatic N) is 1. The molecule has 0 bridgehead atoms. The number of rotatable bonds is 8. The summed E-state index contributed by atoms with van der Waals surface area (Å²) < 4.78 is 16.5. The van der Waals surface area contributed by atoms with E-state index in [0.717, 1.165) is 0 Å². The van der Waals surface area contributed by atoms with Gasteiger partial charge in [0.05, 0.1) is 19.8 Å². The molecule has 1 heterocycles. The second kappa shape index (κ2) is 8.76. The molecule has 1 N–H and O–H groups in total. The number of carbonyl (C=O) groups is 1. The Bertz CT molecular complexity index is 664. The topological polar surface area (TPSA) is 69.7 Å². The van der Waals surface area contributed by atoms with Gasteiger partial charge in [-0.15, -0.1) is 0 Å². The lowest BCUT2D eigenvalue weighted by atomic mass is 10.2. The predicted molar refractivity (Wildman–Crippen MR) is 92.1 cm³/mol. The first-order valence-electron chi connectivity index (χ1n) is 7.97. The zero-order valence-corrected chi connectivity index (χ0v) is 14.2. The van der Waals surface area contributed by atoms with Crippen LogP contribution in [-0.4, -0.2) is 30.7 Å². The van der Waals surface area contributed by atoms with E-state index < -0.39 is 0 Å². The van der Waals surface area contributed by atoms with Crippen molar-refractivity contribution >= 4 is 11.7 Å². The Hall–Kier alpha value is -2.76. The highest BCUT2D eigenvalue weighted by molar-refractivity contribution is 6.05. The van der Waals surface area contributed by atoms with Gasteiger partial charge in [0.1, 0.15) is 11.5 Å². The largest absolute Gasteiger partial charge is 0.494 e. The summed E-state index contributed by atoms with van der Waals surface area (Å²) in [6.07, 6.45) is 1.60. The molecule has 0 atom stereocenters. The molecule has 2 aromatic rings.